The van der Waals surface area contributed by atoms with Crippen molar-refractivity contribution >= 4 is 0 Å². The Morgan fingerprint density at radius 1 is 1.22 bits per heavy atom. The lowest BCUT2D eigenvalue weighted by Gasteiger charge is -2.26. The van der Waals surface area contributed by atoms with Crippen molar-refractivity contribution in [2.45, 2.75) is 51.7 Å². The van der Waals surface area contributed by atoms with Gasteiger partial charge in [0.25, 0.3) is 0 Å². The van der Waals surface area contributed by atoms with Gasteiger partial charge >= 0.3 is 0 Å². The zero-order valence-corrected chi connectivity index (χ0v) is 11.4. The van der Waals surface area contributed by atoms with Gasteiger partial charge in [-0.15, -0.1) is 0 Å². The van der Waals surface area contributed by atoms with Gasteiger partial charge in [-0.25, -0.2) is 0 Å². The number of hydrogen-bond donors (Lipinski definition) is 1. The maximum absolute atomic E-state index is 10.0. The van der Waals surface area contributed by atoms with E-state index in [4.69, 9.17) is 4.74 Å². The van der Waals surface area contributed by atoms with Crippen LogP contribution in [0.25, 0.3) is 0 Å². The first-order valence-electron chi connectivity index (χ1n) is 7.03. The summed E-state index contributed by atoms with van der Waals surface area (Å²) < 4.78 is 5.64. The summed E-state index contributed by atoms with van der Waals surface area (Å²) in [5.41, 5.74) is 2.29. The molecule has 1 aliphatic carbocycles. The van der Waals surface area contributed by atoms with E-state index in [0.29, 0.717) is 18.6 Å². The predicted molar refractivity (Wildman–Crippen MR) is 73.5 cm³/mol. The molecule has 1 aromatic carbocycles. The van der Waals surface area contributed by atoms with Crippen molar-refractivity contribution in [3.63, 3.8) is 0 Å². The molecule has 0 bridgehead atoms. The summed E-state index contributed by atoms with van der Waals surface area (Å²) >= 11 is 0. The molecule has 0 aromatic heterocycles. The quantitative estimate of drug-likeness (QED) is 0.835. The predicted octanol–water partition coefficient (Wildman–Crippen LogP) is 3.49. The maximum Gasteiger partial charge on any atom is 0.102 e. The molecule has 0 spiro atoms. The summed E-state index contributed by atoms with van der Waals surface area (Å²) in [5, 5.41) is 10.0. The first-order chi connectivity index (χ1) is 8.65. The largest absolute Gasteiger partial charge is 0.386 e. The number of ether oxygens (including phenoxy) is 1. The van der Waals surface area contributed by atoms with E-state index in [-0.39, 0.29) is 0 Å². The van der Waals surface area contributed by atoms with Crippen LogP contribution in [0, 0.1) is 5.92 Å². The van der Waals surface area contributed by atoms with Crippen LogP contribution >= 0.6 is 0 Å². The molecule has 1 N–H and O–H groups in total. The summed E-state index contributed by atoms with van der Waals surface area (Å²) in [7, 11) is 0. The molecular formula is C16H24O2. The molecule has 0 heterocycles. The van der Waals surface area contributed by atoms with Gasteiger partial charge in [-0.1, -0.05) is 38.1 Å². The molecule has 18 heavy (non-hydrogen) atoms. The van der Waals surface area contributed by atoms with E-state index in [0.717, 1.165) is 24.8 Å². The van der Waals surface area contributed by atoms with Gasteiger partial charge < -0.3 is 9.84 Å². The number of aliphatic hydroxyl groups is 1. The monoisotopic (exact) mass is 248 g/mol. The molecule has 2 heteroatoms. The standard InChI is InChI=1S/C16H24O2/c1-12(2)10-13-6-8-14(9-7-13)16(17)11-18-15-4-3-5-15/h6-9,12,15-17H,3-5,10-11H2,1-2H3. The summed E-state index contributed by atoms with van der Waals surface area (Å²) in [5.74, 6) is 0.669. The molecular weight excluding hydrogens is 224 g/mol. The second-order valence-corrected chi connectivity index (χ2v) is 5.74. The van der Waals surface area contributed by atoms with Crippen molar-refractivity contribution < 1.29 is 9.84 Å². The van der Waals surface area contributed by atoms with E-state index in [1.54, 1.807) is 0 Å². The number of benzene rings is 1. The Morgan fingerprint density at radius 2 is 1.89 bits per heavy atom. The van der Waals surface area contributed by atoms with Crippen molar-refractivity contribution in [1.82, 2.24) is 0 Å². The van der Waals surface area contributed by atoms with Crippen LogP contribution in [0.4, 0.5) is 0 Å². The highest BCUT2D eigenvalue weighted by Gasteiger charge is 2.19. The first kappa shape index (κ1) is 13.6. The minimum absolute atomic E-state index is 0.389. The van der Waals surface area contributed by atoms with Crippen molar-refractivity contribution in [3.05, 3.63) is 35.4 Å². The zero-order chi connectivity index (χ0) is 13.0. The minimum atomic E-state index is -0.487. The van der Waals surface area contributed by atoms with Gasteiger partial charge in [0.1, 0.15) is 6.10 Å². The summed E-state index contributed by atoms with van der Waals surface area (Å²) in [6.45, 7) is 4.86. The molecule has 0 amide bonds. The fraction of sp³-hybridized carbons (Fsp3) is 0.625. The molecule has 1 atom stereocenters. The van der Waals surface area contributed by atoms with Crippen molar-refractivity contribution in [2.75, 3.05) is 6.61 Å². The van der Waals surface area contributed by atoms with E-state index in [9.17, 15) is 5.11 Å². The molecule has 1 saturated carbocycles. The third-order valence-electron chi connectivity index (χ3n) is 3.55. The fourth-order valence-corrected chi connectivity index (χ4v) is 2.21. The minimum Gasteiger partial charge on any atom is -0.386 e. The maximum atomic E-state index is 10.0. The van der Waals surface area contributed by atoms with Crippen LogP contribution in [0.3, 0.4) is 0 Å². The number of aliphatic hydroxyl groups excluding tert-OH is 1. The second-order valence-electron chi connectivity index (χ2n) is 5.74. The lowest BCUT2D eigenvalue weighted by Crippen LogP contribution is -2.24. The van der Waals surface area contributed by atoms with Gasteiger partial charge in [0, 0.05) is 0 Å². The highest BCUT2D eigenvalue weighted by molar-refractivity contribution is 5.24. The Balaban J connectivity index is 1.83. The van der Waals surface area contributed by atoms with Crippen LogP contribution in [0.2, 0.25) is 0 Å². The zero-order valence-electron chi connectivity index (χ0n) is 11.4. The van der Waals surface area contributed by atoms with Gasteiger partial charge in [0.15, 0.2) is 0 Å². The smallest absolute Gasteiger partial charge is 0.102 e. The number of rotatable bonds is 6. The molecule has 100 valence electrons. The lowest BCUT2D eigenvalue weighted by molar-refractivity contribution is -0.0426. The first-order valence-corrected chi connectivity index (χ1v) is 7.03. The highest BCUT2D eigenvalue weighted by atomic mass is 16.5. The Kier molecular flexibility index (Phi) is 4.79. The Hall–Kier alpha value is -0.860. The Bertz CT molecular complexity index is 352. The average molecular weight is 248 g/mol. The van der Waals surface area contributed by atoms with Crippen LogP contribution in [-0.2, 0) is 11.2 Å². The molecule has 1 aromatic rings. The topological polar surface area (TPSA) is 29.5 Å². The third kappa shape index (κ3) is 3.82. The second kappa shape index (κ2) is 6.35. The third-order valence-corrected chi connectivity index (χ3v) is 3.55. The lowest BCUT2D eigenvalue weighted by atomic mass is 9.96. The van der Waals surface area contributed by atoms with Gasteiger partial charge in [-0.2, -0.15) is 0 Å². The molecule has 0 radical (unpaired) electrons. The van der Waals surface area contributed by atoms with Gasteiger partial charge in [-0.05, 0) is 42.7 Å². The van der Waals surface area contributed by atoms with E-state index >= 15 is 0 Å². The van der Waals surface area contributed by atoms with Crippen LogP contribution in [0.5, 0.6) is 0 Å². The summed E-state index contributed by atoms with van der Waals surface area (Å²) in [6, 6.07) is 8.27. The van der Waals surface area contributed by atoms with Crippen LogP contribution in [-0.4, -0.2) is 17.8 Å². The summed E-state index contributed by atoms with van der Waals surface area (Å²) in [6.07, 6.45) is 4.57. The summed E-state index contributed by atoms with van der Waals surface area (Å²) in [4.78, 5) is 0. The van der Waals surface area contributed by atoms with Gasteiger partial charge in [0.05, 0.1) is 12.7 Å². The Labute approximate surface area is 110 Å². The normalized spacial score (nSPS) is 17.8. The molecule has 1 unspecified atom stereocenters. The van der Waals surface area contributed by atoms with Crippen LogP contribution in [0.15, 0.2) is 24.3 Å². The molecule has 0 saturated heterocycles. The van der Waals surface area contributed by atoms with Gasteiger partial charge in [0.2, 0.25) is 0 Å². The van der Waals surface area contributed by atoms with E-state index in [2.05, 4.69) is 26.0 Å². The molecule has 2 nitrogen and oxygen atoms in total. The van der Waals surface area contributed by atoms with Crippen LogP contribution in [0.1, 0.15) is 50.3 Å². The molecule has 2 rings (SSSR count). The molecule has 0 aliphatic heterocycles. The van der Waals surface area contributed by atoms with E-state index in [1.807, 2.05) is 12.1 Å². The van der Waals surface area contributed by atoms with Gasteiger partial charge in [-0.3, -0.25) is 0 Å². The highest BCUT2D eigenvalue weighted by Crippen LogP contribution is 2.24. The van der Waals surface area contributed by atoms with Crippen molar-refractivity contribution in [2.24, 2.45) is 5.92 Å². The average Bonchev–Trinajstić information content (AvgIpc) is 2.27. The van der Waals surface area contributed by atoms with Crippen LogP contribution < -0.4 is 0 Å². The SMILES string of the molecule is CC(C)Cc1ccc(C(O)COC2CCC2)cc1. The van der Waals surface area contributed by atoms with Crippen molar-refractivity contribution in [1.29, 1.82) is 0 Å². The molecule has 1 fully saturated rings. The molecule has 1 aliphatic rings. The van der Waals surface area contributed by atoms with Crippen molar-refractivity contribution in [3.8, 4) is 0 Å². The number of hydrogen-bond acceptors (Lipinski definition) is 2. The Morgan fingerprint density at radius 3 is 2.39 bits per heavy atom. The van der Waals surface area contributed by atoms with E-state index in [1.165, 1.54) is 12.0 Å². The fourth-order valence-electron chi connectivity index (χ4n) is 2.21. The van der Waals surface area contributed by atoms with E-state index < -0.39 is 6.10 Å².